The smallest absolute Gasteiger partial charge is 0.255 e. The van der Waals surface area contributed by atoms with Crippen molar-refractivity contribution in [2.45, 2.75) is 50.6 Å². The number of aliphatic imine (C=N–C) groups is 1. The second-order valence-corrected chi connectivity index (χ2v) is 11.7. The Morgan fingerprint density at radius 1 is 1.21 bits per heavy atom. The minimum atomic E-state index is -0.625. The van der Waals surface area contributed by atoms with Crippen LogP contribution in [0.25, 0.3) is 0 Å². The van der Waals surface area contributed by atoms with Gasteiger partial charge in [0.1, 0.15) is 11.8 Å². The summed E-state index contributed by atoms with van der Waals surface area (Å²) in [6, 6.07) is 3.32. The number of amides is 3. The molecule has 1 aromatic rings. The van der Waals surface area contributed by atoms with E-state index in [1.807, 2.05) is 18.3 Å². The number of piperidine rings is 2. The molecule has 5 heterocycles. The average Bonchev–Trinajstić information content (AvgIpc) is 3.41. The molecule has 1 spiro atoms. The third-order valence-corrected chi connectivity index (χ3v) is 8.80. The molecule has 1 unspecified atom stereocenters. The Morgan fingerprint density at radius 2 is 2.00 bits per heavy atom. The van der Waals surface area contributed by atoms with Crippen molar-refractivity contribution in [1.29, 1.82) is 0 Å². The van der Waals surface area contributed by atoms with Gasteiger partial charge in [0, 0.05) is 53.2 Å². The molecule has 0 radical (unpaired) electrons. The molecular formula is C28H35N5O5. The maximum Gasteiger partial charge on any atom is 0.255 e. The molecule has 3 fully saturated rings. The molecule has 38 heavy (non-hydrogen) atoms. The average molecular weight is 522 g/mol. The Kier molecular flexibility index (Phi) is 6.26. The van der Waals surface area contributed by atoms with Crippen molar-refractivity contribution in [3.8, 4) is 5.75 Å². The maximum absolute atomic E-state index is 13.2. The highest BCUT2D eigenvalue weighted by molar-refractivity contribution is 6.05. The molecule has 5 aliphatic heterocycles. The zero-order chi connectivity index (χ0) is 26.5. The summed E-state index contributed by atoms with van der Waals surface area (Å²) in [5.74, 6) is -0.0427. The quantitative estimate of drug-likeness (QED) is 0.424. The van der Waals surface area contributed by atoms with E-state index in [0.717, 1.165) is 69.1 Å². The molecule has 10 heteroatoms. The molecule has 3 saturated heterocycles. The molecule has 3 N–H and O–H groups in total. The van der Waals surface area contributed by atoms with Gasteiger partial charge < -0.3 is 20.1 Å². The first-order valence-corrected chi connectivity index (χ1v) is 13.5. The molecular weight excluding hydrogens is 486 g/mol. The minimum absolute atomic E-state index is 0.0779. The summed E-state index contributed by atoms with van der Waals surface area (Å²) in [5.41, 5.74) is 9.63. The predicted octanol–water partition coefficient (Wildman–Crippen LogP) is 1.12. The van der Waals surface area contributed by atoms with Gasteiger partial charge in [-0.2, -0.15) is 0 Å². The van der Waals surface area contributed by atoms with Crippen LogP contribution in [0.4, 0.5) is 0 Å². The zero-order valence-corrected chi connectivity index (χ0v) is 21.8. The largest absolute Gasteiger partial charge is 0.492 e. The van der Waals surface area contributed by atoms with Gasteiger partial charge in [-0.15, -0.1) is 0 Å². The van der Waals surface area contributed by atoms with E-state index in [0.29, 0.717) is 25.1 Å². The van der Waals surface area contributed by atoms with Crippen molar-refractivity contribution in [2.24, 2.45) is 16.1 Å². The number of hydrogen-bond acceptors (Lipinski definition) is 8. The van der Waals surface area contributed by atoms with Crippen molar-refractivity contribution >= 4 is 23.9 Å². The molecule has 0 aromatic heterocycles. The lowest BCUT2D eigenvalue weighted by Gasteiger charge is -2.38. The lowest BCUT2D eigenvalue weighted by atomic mass is 9.74. The normalized spacial score (nSPS) is 26.3. The fourth-order valence-corrected chi connectivity index (χ4v) is 6.36. The van der Waals surface area contributed by atoms with Gasteiger partial charge in [0.15, 0.2) is 0 Å². The van der Waals surface area contributed by atoms with E-state index < -0.39 is 11.9 Å². The number of nitrogens with two attached hydrogens (primary N) is 1. The molecule has 0 saturated carbocycles. The van der Waals surface area contributed by atoms with Gasteiger partial charge in [-0.1, -0.05) is 13.0 Å². The van der Waals surface area contributed by atoms with Gasteiger partial charge in [-0.05, 0) is 50.2 Å². The van der Waals surface area contributed by atoms with Crippen molar-refractivity contribution in [1.82, 2.24) is 15.1 Å². The first-order chi connectivity index (χ1) is 18.3. The van der Waals surface area contributed by atoms with E-state index in [2.05, 4.69) is 22.1 Å². The van der Waals surface area contributed by atoms with Crippen molar-refractivity contribution in [2.75, 3.05) is 46.0 Å². The van der Waals surface area contributed by atoms with Crippen molar-refractivity contribution in [3.05, 3.63) is 40.6 Å². The van der Waals surface area contributed by atoms with Gasteiger partial charge >= 0.3 is 0 Å². The topological polar surface area (TPSA) is 127 Å². The van der Waals surface area contributed by atoms with Gasteiger partial charge in [0.25, 0.3) is 5.91 Å². The van der Waals surface area contributed by atoms with Crippen molar-refractivity contribution < 1.29 is 23.9 Å². The Bertz CT molecular complexity index is 1230. The second kappa shape index (κ2) is 9.50. The van der Waals surface area contributed by atoms with Gasteiger partial charge in [-0.25, -0.2) is 0 Å². The summed E-state index contributed by atoms with van der Waals surface area (Å²) in [6.45, 7) is 7.97. The van der Waals surface area contributed by atoms with E-state index in [1.54, 1.807) is 11.1 Å². The number of likely N-dealkylation sites (tertiary alicyclic amines) is 1. The van der Waals surface area contributed by atoms with Gasteiger partial charge in [0.05, 0.1) is 26.4 Å². The fourth-order valence-electron chi connectivity index (χ4n) is 6.36. The number of nitrogens with zero attached hydrogens (tertiary/aromatic N) is 3. The van der Waals surface area contributed by atoms with Crippen LogP contribution >= 0.6 is 0 Å². The van der Waals surface area contributed by atoms with E-state index in [9.17, 15) is 14.4 Å². The number of ether oxygens (including phenoxy) is 2. The Balaban J connectivity index is 1.11. The first kappa shape index (κ1) is 25.1. The van der Waals surface area contributed by atoms with Crippen LogP contribution in [0.1, 0.15) is 54.1 Å². The fraction of sp³-hybridized carbons (Fsp3) is 0.571. The van der Waals surface area contributed by atoms with E-state index in [1.165, 1.54) is 5.56 Å². The first-order valence-electron chi connectivity index (χ1n) is 13.5. The monoisotopic (exact) mass is 521 g/mol. The number of imide groups is 1. The number of nitrogens with one attached hydrogen (secondary N) is 1. The summed E-state index contributed by atoms with van der Waals surface area (Å²) in [6.07, 6.45) is 6.05. The molecule has 5 aliphatic rings. The number of carbonyl (C=O) groups excluding carboxylic acids is 3. The minimum Gasteiger partial charge on any atom is -0.492 e. The van der Waals surface area contributed by atoms with Crippen LogP contribution in [0, 0.1) is 5.41 Å². The van der Waals surface area contributed by atoms with Crippen LogP contribution in [-0.4, -0.2) is 85.8 Å². The molecule has 6 rings (SSSR count). The van der Waals surface area contributed by atoms with Crippen LogP contribution in [0.15, 0.2) is 28.9 Å². The Morgan fingerprint density at radius 3 is 2.68 bits per heavy atom. The van der Waals surface area contributed by atoms with Crippen LogP contribution < -0.4 is 15.8 Å². The zero-order valence-electron chi connectivity index (χ0n) is 21.8. The third kappa shape index (κ3) is 4.29. The Hall–Kier alpha value is -3.24. The van der Waals surface area contributed by atoms with Crippen LogP contribution in [-0.2, 0) is 26.3 Å². The van der Waals surface area contributed by atoms with Crippen molar-refractivity contribution in [3.63, 3.8) is 0 Å². The van der Waals surface area contributed by atoms with Gasteiger partial charge in [0.2, 0.25) is 11.8 Å². The number of fused-ring (bicyclic) bond motifs is 4. The summed E-state index contributed by atoms with van der Waals surface area (Å²) in [4.78, 5) is 45.8. The van der Waals surface area contributed by atoms with Crippen LogP contribution in [0.5, 0.6) is 5.75 Å². The Labute approximate surface area is 222 Å². The highest BCUT2D eigenvalue weighted by atomic mass is 16.5. The SMILES string of the molecule is CC1(CN=CC(=CN)CN2CCC3(CC2)COc2c3ccc3c2CN(C2CCC(=O)NC2=O)C3=O)COC1. The number of benzene rings is 1. The summed E-state index contributed by atoms with van der Waals surface area (Å²) in [7, 11) is 0. The maximum atomic E-state index is 13.2. The predicted molar refractivity (Wildman–Crippen MR) is 140 cm³/mol. The van der Waals surface area contributed by atoms with Crippen LogP contribution in [0.2, 0.25) is 0 Å². The lowest BCUT2D eigenvalue weighted by molar-refractivity contribution is -0.136. The molecule has 1 aromatic carbocycles. The molecule has 1 atom stereocenters. The molecule has 0 aliphatic carbocycles. The molecule has 0 bridgehead atoms. The van der Waals surface area contributed by atoms with Crippen LogP contribution in [0.3, 0.4) is 0 Å². The number of rotatable bonds is 6. The standard InChI is InChI=1S/C28H35N5O5/c1-27(15-37-16-27)14-30-11-18(10-29)12-32-8-6-28(7-9-32)17-38-24-20-13-33(22-4-5-23(34)31-25(22)35)26(36)19(20)2-3-21(24)28/h2-3,10-11,22H,4-9,12-17,29H2,1H3,(H,31,34,35). The second-order valence-electron chi connectivity index (χ2n) is 11.7. The number of hydrogen-bond donors (Lipinski definition) is 2. The third-order valence-electron chi connectivity index (χ3n) is 8.80. The highest BCUT2D eigenvalue weighted by Gasteiger charge is 2.47. The van der Waals surface area contributed by atoms with E-state index in [4.69, 9.17) is 15.2 Å². The molecule has 3 amide bonds. The number of carbonyl (C=O) groups is 3. The summed E-state index contributed by atoms with van der Waals surface area (Å²) < 4.78 is 11.6. The summed E-state index contributed by atoms with van der Waals surface area (Å²) in [5, 5.41) is 2.36. The highest BCUT2D eigenvalue weighted by Crippen LogP contribution is 2.49. The van der Waals surface area contributed by atoms with Gasteiger partial charge in [-0.3, -0.25) is 29.6 Å². The van der Waals surface area contributed by atoms with E-state index in [-0.39, 0.29) is 29.1 Å². The summed E-state index contributed by atoms with van der Waals surface area (Å²) >= 11 is 0. The lowest BCUT2D eigenvalue weighted by Crippen LogP contribution is -2.52. The molecule has 10 nitrogen and oxygen atoms in total. The molecule has 202 valence electrons. The van der Waals surface area contributed by atoms with E-state index >= 15 is 0 Å².